The van der Waals surface area contributed by atoms with Crippen molar-refractivity contribution in [1.82, 2.24) is 15.3 Å². The zero-order valence-corrected chi connectivity index (χ0v) is 18.9. The third-order valence-corrected chi connectivity index (χ3v) is 6.21. The van der Waals surface area contributed by atoms with E-state index < -0.39 is 5.91 Å². The van der Waals surface area contributed by atoms with Gasteiger partial charge in [0.15, 0.2) is 0 Å². The second-order valence-electron chi connectivity index (χ2n) is 8.58. The molecule has 172 valence electrons. The number of rotatable bonds is 6. The van der Waals surface area contributed by atoms with Crippen LogP contribution in [0.5, 0.6) is 0 Å². The van der Waals surface area contributed by atoms with E-state index in [1.807, 2.05) is 53.4 Å². The summed E-state index contributed by atoms with van der Waals surface area (Å²) in [6.45, 7) is 6.65. The number of amides is 2. The molecule has 2 atom stereocenters. The normalized spacial score (nSPS) is 18.8. The van der Waals surface area contributed by atoms with Crippen LogP contribution in [-0.2, 0) is 6.42 Å². The average molecular weight is 448 g/mol. The van der Waals surface area contributed by atoms with Crippen molar-refractivity contribution in [3.63, 3.8) is 0 Å². The van der Waals surface area contributed by atoms with Crippen molar-refractivity contribution in [2.24, 2.45) is 0 Å². The topological polar surface area (TPSA) is 86.0 Å². The molecule has 2 N–H and O–H groups in total. The lowest BCUT2D eigenvalue weighted by Crippen LogP contribution is -2.58. The molecule has 0 spiro atoms. The fourth-order valence-corrected chi connectivity index (χ4v) is 4.65. The highest BCUT2D eigenvalue weighted by Crippen LogP contribution is 2.27. The zero-order valence-electron chi connectivity index (χ0n) is 18.9. The average Bonchev–Trinajstić information content (AvgIpc) is 3.37. The third-order valence-electron chi connectivity index (χ3n) is 6.21. The van der Waals surface area contributed by atoms with Crippen LogP contribution < -0.4 is 5.48 Å². The Morgan fingerprint density at radius 2 is 1.70 bits per heavy atom. The van der Waals surface area contributed by atoms with E-state index in [0.717, 1.165) is 37.2 Å². The highest BCUT2D eigenvalue weighted by Gasteiger charge is 2.34. The minimum Gasteiger partial charge on any atom is -0.464 e. The lowest BCUT2D eigenvalue weighted by molar-refractivity contribution is 0.0292. The molecular weight excluding hydrogens is 418 g/mol. The Hall–Kier alpha value is -3.42. The van der Waals surface area contributed by atoms with Gasteiger partial charge in [-0.05, 0) is 56.2 Å². The molecular formula is C26H29N3O4. The predicted octanol–water partition coefficient (Wildman–Crippen LogP) is 3.84. The summed E-state index contributed by atoms with van der Waals surface area (Å²) in [6.07, 6.45) is 2.46. The molecule has 1 aliphatic rings. The summed E-state index contributed by atoms with van der Waals surface area (Å²) in [7, 11) is 0. The molecule has 2 aromatic carbocycles. The van der Waals surface area contributed by atoms with E-state index in [2.05, 4.69) is 18.7 Å². The van der Waals surface area contributed by atoms with E-state index in [4.69, 9.17) is 9.62 Å². The second-order valence-corrected chi connectivity index (χ2v) is 8.58. The van der Waals surface area contributed by atoms with Crippen LogP contribution in [0.15, 0.2) is 71.3 Å². The van der Waals surface area contributed by atoms with Crippen molar-refractivity contribution in [3.05, 3.63) is 83.6 Å². The fourth-order valence-electron chi connectivity index (χ4n) is 4.65. The third kappa shape index (κ3) is 4.99. The minimum absolute atomic E-state index is 0.0272. The van der Waals surface area contributed by atoms with Crippen molar-refractivity contribution in [2.75, 3.05) is 19.6 Å². The van der Waals surface area contributed by atoms with Crippen molar-refractivity contribution < 1.29 is 19.2 Å². The quantitative estimate of drug-likeness (QED) is 0.443. The van der Waals surface area contributed by atoms with Gasteiger partial charge in [-0.3, -0.25) is 19.7 Å². The van der Waals surface area contributed by atoms with Gasteiger partial charge in [-0.1, -0.05) is 30.3 Å². The van der Waals surface area contributed by atoms with Gasteiger partial charge in [0.05, 0.1) is 11.8 Å². The molecule has 2 amide bonds. The van der Waals surface area contributed by atoms with Gasteiger partial charge in [-0.2, -0.15) is 0 Å². The lowest BCUT2D eigenvalue weighted by Gasteiger charge is -2.44. The standard InChI is InChI=1S/C26H29N3O4/c1-18-16-28(14-13-20-9-11-21(12-10-20)25(30)27-32)17-19(2)29(18)26(31)23-7-4-3-6-22(23)24-8-5-15-33-24/h3-12,15,18-19,32H,13-14,16-17H2,1-2H3,(H,27,30)/t18-,19+. The number of piperazine rings is 1. The highest BCUT2D eigenvalue weighted by atomic mass is 16.5. The van der Waals surface area contributed by atoms with Gasteiger partial charge in [0, 0.05) is 42.8 Å². The first-order valence-corrected chi connectivity index (χ1v) is 11.2. The van der Waals surface area contributed by atoms with Crippen LogP contribution >= 0.6 is 0 Å². The Morgan fingerprint density at radius 3 is 2.33 bits per heavy atom. The number of hydroxylamine groups is 1. The Morgan fingerprint density at radius 1 is 1.00 bits per heavy atom. The van der Waals surface area contributed by atoms with Gasteiger partial charge in [-0.15, -0.1) is 0 Å². The van der Waals surface area contributed by atoms with Crippen LogP contribution in [0, 0.1) is 0 Å². The fraction of sp³-hybridized carbons (Fsp3) is 0.308. The monoisotopic (exact) mass is 447 g/mol. The SMILES string of the molecule is C[C@@H]1CN(CCc2ccc(C(=O)NO)cc2)C[C@H](C)N1C(=O)c1ccccc1-c1ccco1. The molecule has 2 heterocycles. The van der Waals surface area contributed by atoms with Crippen molar-refractivity contribution >= 4 is 11.8 Å². The van der Waals surface area contributed by atoms with Crippen LogP contribution in [0.3, 0.4) is 0 Å². The Balaban J connectivity index is 1.40. The summed E-state index contributed by atoms with van der Waals surface area (Å²) < 4.78 is 5.56. The molecule has 1 saturated heterocycles. The summed E-state index contributed by atoms with van der Waals surface area (Å²) in [4.78, 5) is 29.4. The first-order chi connectivity index (χ1) is 16.0. The van der Waals surface area contributed by atoms with Gasteiger partial charge in [0.25, 0.3) is 11.8 Å². The first kappa shape index (κ1) is 22.8. The predicted molar refractivity (Wildman–Crippen MR) is 125 cm³/mol. The molecule has 0 bridgehead atoms. The van der Waals surface area contributed by atoms with Crippen LogP contribution in [-0.4, -0.2) is 58.5 Å². The van der Waals surface area contributed by atoms with Crippen LogP contribution in [0.2, 0.25) is 0 Å². The van der Waals surface area contributed by atoms with Gasteiger partial charge >= 0.3 is 0 Å². The molecule has 0 aliphatic carbocycles. The van der Waals surface area contributed by atoms with Crippen molar-refractivity contribution in [1.29, 1.82) is 0 Å². The van der Waals surface area contributed by atoms with Gasteiger partial charge in [0.1, 0.15) is 5.76 Å². The zero-order chi connectivity index (χ0) is 23.4. The first-order valence-electron chi connectivity index (χ1n) is 11.2. The molecule has 0 radical (unpaired) electrons. The number of furan rings is 1. The summed E-state index contributed by atoms with van der Waals surface area (Å²) in [6, 6.07) is 18.7. The number of carbonyl (C=O) groups is 2. The molecule has 0 saturated carbocycles. The second kappa shape index (κ2) is 10.0. The minimum atomic E-state index is -0.515. The largest absolute Gasteiger partial charge is 0.464 e. The molecule has 33 heavy (non-hydrogen) atoms. The van der Waals surface area contributed by atoms with Gasteiger partial charge in [0.2, 0.25) is 0 Å². The number of hydrogen-bond acceptors (Lipinski definition) is 5. The smallest absolute Gasteiger partial charge is 0.274 e. The lowest BCUT2D eigenvalue weighted by atomic mass is 10.00. The van der Waals surface area contributed by atoms with Gasteiger partial charge < -0.3 is 9.32 Å². The molecule has 7 heteroatoms. The van der Waals surface area contributed by atoms with E-state index in [1.54, 1.807) is 23.9 Å². The van der Waals surface area contributed by atoms with Crippen LogP contribution in [0.1, 0.15) is 40.1 Å². The van der Waals surface area contributed by atoms with Crippen LogP contribution in [0.4, 0.5) is 0 Å². The van der Waals surface area contributed by atoms with E-state index >= 15 is 0 Å². The summed E-state index contributed by atoms with van der Waals surface area (Å²) in [5.41, 5.74) is 4.66. The van der Waals surface area contributed by atoms with E-state index in [0.29, 0.717) is 16.9 Å². The number of nitrogens with zero attached hydrogens (tertiary/aromatic N) is 2. The molecule has 1 fully saturated rings. The molecule has 4 rings (SSSR count). The number of carbonyl (C=O) groups excluding carboxylic acids is 2. The van der Waals surface area contributed by atoms with Gasteiger partial charge in [-0.25, -0.2) is 5.48 Å². The van der Waals surface area contributed by atoms with Crippen molar-refractivity contribution in [3.8, 4) is 11.3 Å². The van der Waals surface area contributed by atoms with Crippen molar-refractivity contribution in [2.45, 2.75) is 32.4 Å². The highest BCUT2D eigenvalue weighted by molar-refractivity contribution is 6.00. The maximum Gasteiger partial charge on any atom is 0.274 e. The molecule has 7 nitrogen and oxygen atoms in total. The molecule has 3 aromatic rings. The number of benzene rings is 2. The Labute approximate surface area is 193 Å². The Bertz CT molecular complexity index is 1080. The number of nitrogens with one attached hydrogen (secondary N) is 1. The molecule has 0 unspecified atom stereocenters. The van der Waals surface area contributed by atoms with E-state index in [1.165, 1.54) is 0 Å². The summed E-state index contributed by atoms with van der Waals surface area (Å²) in [5, 5.41) is 8.74. The molecule has 1 aliphatic heterocycles. The van der Waals surface area contributed by atoms with E-state index in [-0.39, 0.29) is 18.0 Å². The van der Waals surface area contributed by atoms with Crippen LogP contribution in [0.25, 0.3) is 11.3 Å². The molecule has 1 aromatic heterocycles. The van der Waals surface area contributed by atoms with E-state index in [9.17, 15) is 9.59 Å². The maximum atomic E-state index is 13.5. The summed E-state index contributed by atoms with van der Waals surface area (Å²) in [5.74, 6) is 0.207. The maximum absolute atomic E-state index is 13.5. The summed E-state index contributed by atoms with van der Waals surface area (Å²) >= 11 is 0. The Kier molecular flexibility index (Phi) is 6.91. The number of hydrogen-bond donors (Lipinski definition) is 2.